The first-order valence-electron chi connectivity index (χ1n) is 8.43. The molecular weight excluding hydrogens is 280 g/mol. The summed E-state index contributed by atoms with van der Waals surface area (Å²) in [5, 5.41) is 4.42. The van der Waals surface area contributed by atoms with Gasteiger partial charge in [-0.05, 0) is 57.4 Å². The molecule has 0 aromatic heterocycles. The normalized spacial score (nSPS) is 21.1. The molecule has 0 aliphatic carbocycles. The van der Waals surface area contributed by atoms with E-state index < -0.39 is 0 Å². The van der Waals surface area contributed by atoms with Gasteiger partial charge in [-0.25, -0.2) is 0 Å². The van der Waals surface area contributed by atoms with Gasteiger partial charge in [-0.3, -0.25) is 0 Å². The van der Waals surface area contributed by atoms with Gasteiger partial charge in [0.25, 0.3) is 0 Å². The Morgan fingerprint density at radius 1 is 1.33 bits per heavy atom. The molecule has 1 heterocycles. The molecule has 0 bridgehead atoms. The van der Waals surface area contributed by atoms with E-state index in [9.17, 15) is 0 Å². The lowest BCUT2D eigenvalue weighted by molar-refractivity contribution is 0.570. The van der Waals surface area contributed by atoms with Gasteiger partial charge in [-0.1, -0.05) is 37.4 Å². The highest BCUT2D eigenvalue weighted by Gasteiger charge is 2.20. The number of halogens is 1. The lowest BCUT2D eigenvalue weighted by Gasteiger charge is -2.30. The third kappa shape index (κ3) is 4.37. The number of benzene rings is 1. The van der Waals surface area contributed by atoms with Crippen molar-refractivity contribution in [3.8, 4) is 0 Å². The molecular formula is C18H29ClN2. The Hall–Kier alpha value is -0.730. The summed E-state index contributed by atoms with van der Waals surface area (Å²) in [4.78, 5) is 2.49. The van der Waals surface area contributed by atoms with Crippen LogP contribution in [0.4, 0.5) is 5.69 Å². The third-order valence-electron chi connectivity index (χ3n) is 4.53. The van der Waals surface area contributed by atoms with Crippen molar-refractivity contribution in [3.05, 3.63) is 28.8 Å². The minimum absolute atomic E-state index is 0.359. The summed E-state index contributed by atoms with van der Waals surface area (Å²) < 4.78 is 0. The first kappa shape index (κ1) is 16.6. The van der Waals surface area contributed by atoms with Gasteiger partial charge >= 0.3 is 0 Å². The molecule has 1 aliphatic rings. The molecule has 2 unspecified atom stereocenters. The number of nitrogens with zero attached hydrogens (tertiary/aromatic N) is 1. The molecule has 1 aliphatic heterocycles. The summed E-state index contributed by atoms with van der Waals surface area (Å²) in [6, 6.07) is 7.53. The molecule has 3 heteroatoms. The summed E-state index contributed by atoms with van der Waals surface area (Å²) in [6.45, 7) is 8.89. The monoisotopic (exact) mass is 308 g/mol. The van der Waals surface area contributed by atoms with Crippen molar-refractivity contribution in [3.63, 3.8) is 0 Å². The van der Waals surface area contributed by atoms with Crippen LogP contribution in [-0.2, 0) is 0 Å². The Labute approximate surface area is 134 Å². The molecule has 1 saturated heterocycles. The van der Waals surface area contributed by atoms with E-state index in [0.717, 1.165) is 24.5 Å². The lowest BCUT2D eigenvalue weighted by Crippen LogP contribution is -2.32. The quantitative estimate of drug-likeness (QED) is 0.807. The summed E-state index contributed by atoms with van der Waals surface area (Å²) in [5.74, 6) is 0. The van der Waals surface area contributed by atoms with E-state index in [2.05, 4.69) is 49.2 Å². The van der Waals surface area contributed by atoms with Crippen LogP contribution in [0.15, 0.2) is 18.2 Å². The topological polar surface area (TPSA) is 15.3 Å². The zero-order chi connectivity index (χ0) is 15.2. The number of nitrogens with one attached hydrogen (secondary N) is 1. The number of hydrogen-bond donors (Lipinski definition) is 1. The van der Waals surface area contributed by atoms with Gasteiger partial charge in [0.1, 0.15) is 0 Å². The van der Waals surface area contributed by atoms with Gasteiger partial charge in [0, 0.05) is 18.6 Å². The van der Waals surface area contributed by atoms with E-state index in [1.54, 1.807) is 0 Å². The van der Waals surface area contributed by atoms with Crippen LogP contribution in [0.1, 0.15) is 64.5 Å². The van der Waals surface area contributed by atoms with Crippen molar-refractivity contribution in [2.24, 2.45) is 0 Å². The van der Waals surface area contributed by atoms with Crippen LogP contribution >= 0.6 is 11.6 Å². The van der Waals surface area contributed by atoms with Crippen molar-refractivity contribution in [1.82, 2.24) is 5.32 Å². The molecule has 1 aromatic carbocycles. The second-order valence-electron chi connectivity index (χ2n) is 6.28. The Bertz CT molecular complexity index is 447. The van der Waals surface area contributed by atoms with Crippen molar-refractivity contribution in [2.75, 3.05) is 18.0 Å². The number of rotatable bonds is 5. The summed E-state index contributed by atoms with van der Waals surface area (Å²) >= 11 is 6.59. The molecule has 2 nitrogen and oxygen atoms in total. The Morgan fingerprint density at radius 3 is 2.86 bits per heavy atom. The Balaban J connectivity index is 2.14. The van der Waals surface area contributed by atoms with Crippen LogP contribution in [-0.4, -0.2) is 19.1 Å². The van der Waals surface area contributed by atoms with Gasteiger partial charge in [0.2, 0.25) is 0 Å². The summed E-state index contributed by atoms with van der Waals surface area (Å²) in [6.07, 6.45) is 6.38. The molecule has 21 heavy (non-hydrogen) atoms. The largest absolute Gasteiger partial charge is 0.368 e. The van der Waals surface area contributed by atoms with Crippen molar-refractivity contribution < 1.29 is 0 Å². The van der Waals surface area contributed by atoms with Crippen molar-refractivity contribution >= 4 is 17.3 Å². The van der Waals surface area contributed by atoms with E-state index in [1.807, 2.05) is 0 Å². The predicted octanol–water partition coefficient (Wildman–Crippen LogP) is 5.17. The van der Waals surface area contributed by atoms with Gasteiger partial charge in [-0.2, -0.15) is 0 Å². The van der Waals surface area contributed by atoms with E-state index in [-0.39, 0.29) is 0 Å². The zero-order valence-electron chi connectivity index (χ0n) is 13.7. The molecule has 0 radical (unpaired) electrons. The van der Waals surface area contributed by atoms with Crippen molar-refractivity contribution in [1.29, 1.82) is 0 Å². The van der Waals surface area contributed by atoms with E-state index >= 15 is 0 Å². The van der Waals surface area contributed by atoms with Crippen LogP contribution in [0.25, 0.3) is 0 Å². The molecule has 118 valence electrons. The zero-order valence-corrected chi connectivity index (χ0v) is 14.4. The highest BCUT2D eigenvalue weighted by Crippen LogP contribution is 2.32. The van der Waals surface area contributed by atoms with Gasteiger partial charge < -0.3 is 10.2 Å². The molecule has 1 fully saturated rings. The SMILES string of the molecule is CCCNC(C)c1ccc(N2CCCCCC2C)c(Cl)c1. The molecule has 2 rings (SSSR count). The maximum Gasteiger partial charge on any atom is 0.0642 e. The van der Waals surface area contributed by atoms with Crippen LogP contribution in [0.5, 0.6) is 0 Å². The fourth-order valence-corrected chi connectivity index (χ4v) is 3.43. The molecule has 1 N–H and O–H groups in total. The summed E-state index contributed by atoms with van der Waals surface area (Å²) in [5.41, 5.74) is 2.48. The van der Waals surface area contributed by atoms with Crippen LogP contribution < -0.4 is 10.2 Å². The average molecular weight is 309 g/mol. The number of anilines is 1. The Morgan fingerprint density at radius 2 is 2.14 bits per heavy atom. The van der Waals surface area contributed by atoms with E-state index in [0.29, 0.717) is 12.1 Å². The van der Waals surface area contributed by atoms with Crippen LogP contribution in [0.2, 0.25) is 5.02 Å². The second kappa shape index (κ2) is 8.05. The molecule has 0 amide bonds. The van der Waals surface area contributed by atoms with Gasteiger partial charge in [0.05, 0.1) is 10.7 Å². The fraction of sp³-hybridized carbons (Fsp3) is 0.667. The van der Waals surface area contributed by atoms with Gasteiger partial charge in [-0.15, -0.1) is 0 Å². The highest BCUT2D eigenvalue weighted by molar-refractivity contribution is 6.33. The maximum absolute atomic E-state index is 6.59. The maximum atomic E-state index is 6.59. The molecule has 1 aromatic rings. The van der Waals surface area contributed by atoms with E-state index in [4.69, 9.17) is 11.6 Å². The predicted molar refractivity (Wildman–Crippen MR) is 93.4 cm³/mol. The van der Waals surface area contributed by atoms with Crippen molar-refractivity contribution in [2.45, 2.75) is 65.0 Å². The molecule has 0 spiro atoms. The Kier molecular flexibility index (Phi) is 6.38. The second-order valence-corrected chi connectivity index (χ2v) is 6.69. The minimum atomic E-state index is 0.359. The standard InChI is InChI=1S/C18H29ClN2/c1-4-11-20-15(3)16-9-10-18(17(19)13-16)21-12-7-5-6-8-14(21)2/h9-10,13-15,20H,4-8,11-12H2,1-3H3. The number of hydrogen-bond acceptors (Lipinski definition) is 2. The molecule has 2 atom stereocenters. The van der Waals surface area contributed by atoms with Crippen LogP contribution in [0.3, 0.4) is 0 Å². The third-order valence-corrected chi connectivity index (χ3v) is 4.84. The first-order valence-corrected chi connectivity index (χ1v) is 8.80. The first-order chi connectivity index (χ1) is 10.1. The average Bonchev–Trinajstić information content (AvgIpc) is 2.69. The smallest absolute Gasteiger partial charge is 0.0642 e. The fourth-order valence-electron chi connectivity index (χ4n) is 3.14. The summed E-state index contributed by atoms with van der Waals surface area (Å²) in [7, 11) is 0. The lowest BCUT2D eigenvalue weighted by atomic mass is 10.1. The van der Waals surface area contributed by atoms with Gasteiger partial charge in [0.15, 0.2) is 0 Å². The minimum Gasteiger partial charge on any atom is -0.368 e. The highest BCUT2D eigenvalue weighted by atomic mass is 35.5. The van der Waals surface area contributed by atoms with E-state index in [1.165, 1.54) is 36.9 Å². The molecule has 0 saturated carbocycles. The van der Waals surface area contributed by atoms with Crippen LogP contribution in [0, 0.1) is 0 Å².